The van der Waals surface area contributed by atoms with Gasteiger partial charge in [-0.1, -0.05) is 24.3 Å². The highest BCUT2D eigenvalue weighted by Crippen LogP contribution is 2.20. The largest absolute Gasteiger partial charge is 0.308 e. The molecule has 1 N–H and O–H groups in total. The molecule has 0 saturated heterocycles. The van der Waals surface area contributed by atoms with Crippen LogP contribution >= 0.6 is 0 Å². The summed E-state index contributed by atoms with van der Waals surface area (Å²) < 4.78 is 1.86. The minimum Gasteiger partial charge on any atom is -0.308 e. The lowest BCUT2D eigenvalue weighted by molar-refractivity contribution is 0.266. The van der Waals surface area contributed by atoms with Crippen LogP contribution < -0.4 is 5.32 Å². The van der Waals surface area contributed by atoms with Crippen LogP contribution in [0.4, 0.5) is 0 Å². The monoisotopic (exact) mass is 363 g/mol. The molecule has 1 aromatic carbocycles. The maximum absolute atomic E-state index is 4.60. The van der Waals surface area contributed by atoms with Gasteiger partial charge in [0.05, 0.1) is 5.69 Å². The van der Waals surface area contributed by atoms with Crippen molar-refractivity contribution in [1.82, 2.24) is 25.0 Å². The molecule has 0 fully saturated rings. The van der Waals surface area contributed by atoms with Crippen molar-refractivity contribution in [2.45, 2.75) is 39.5 Å². The first-order valence-electron chi connectivity index (χ1n) is 9.44. The molecule has 0 radical (unpaired) electrons. The van der Waals surface area contributed by atoms with Gasteiger partial charge in [-0.25, -0.2) is 0 Å². The third-order valence-electron chi connectivity index (χ3n) is 4.79. The van der Waals surface area contributed by atoms with Crippen LogP contribution in [0.3, 0.4) is 0 Å². The van der Waals surface area contributed by atoms with Gasteiger partial charge in [0.15, 0.2) is 0 Å². The van der Waals surface area contributed by atoms with Crippen LogP contribution in [0.5, 0.6) is 0 Å². The first-order valence-corrected chi connectivity index (χ1v) is 9.44. The molecule has 5 heteroatoms. The smallest absolute Gasteiger partial charge is 0.0983 e. The molecule has 0 aliphatic carbocycles. The van der Waals surface area contributed by atoms with Gasteiger partial charge in [-0.05, 0) is 44.2 Å². The van der Waals surface area contributed by atoms with Gasteiger partial charge in [-0.3, -0.25) is 14.6 Å². The maximum Gasteiger partial charge on any atom is 0.0983 e. The summed E-state index contributed by atoms with van der Waals surface area (Å²) in [6.45, 7) is 7.02. The van der Waals surface area contributed by atoms with Crippen LogP contribution in [0.25, 0.3) is 11.3 Å². The first kappa shape index (κ1) is 19.3. The van der Waals surface area contributed by atoms with Gasteiger partial charge in [-0.2, -0.15) is 5.10 Å². The third kappa shape index (κ3) is 5.25. The van der Waals surface area contributed by atoms with Crippen molar-refractivity contribution in [3.8, 4) is 11.3 Å². The molecule has 0 aliphatic rings. The molecule has 0 unspecified atom stereocenters. The van der Waals surface area contributed by atoms with Crippen molar-refractivity contribution in [3.63, 3.8) is 0 Å². The minimum atomic E-state index is 0.545. The zero-order valence-corrected chi connectivity index (χ0v) is 16.7. The van der Waals surface area contributed by atoms with Crippen LogP contribution in [-0.4, -0.2) is 32.8 Å². The second-order valence-corrected chi connectivity index (χ2v) is 7.35. The van der Waals surface area contributed by atoms with Gasteiger partial charge in [0, 0.05) is 62.4 Å². The number of rotatable bonds is 8. The Morgan fingerprint density at radius 3 is 2.67 bits per heavy atom. The Morgan fingerprint density at radius 2 is 1.93 bits per heavy atom. The number of aryl methyl sites for hydroxylation is 1. The predicted molar refractivity (Wildman–Crippen MR) is 110 cm³/mol. The molecule has 27 heavy (non-hydrogen) atoms. The molecule has 0 atom stereocenters. The lowest BCUT2D eigenvalue weighted by atomic mass is 10.1. The van der Waals surface area contributed by atoms with E-state index in [9.17, 15) is 0 Å². The standard InChI is InChI=1S/C22H29N5/c1-17(2)26(3)15-19-8-5-7-18(11-19)12-24-14-21-16-27(4)25-22(21)20-9-6-10-23-13-20/h5-11,13,16-17,24H,12,14-15H2,1-4H3. The van der Waals surface area contributed by atoms with E-state index in [1.165, 1.54) is 16.7 Å². The number of nitrogens with zero attached hydrogens (tertiary/aromatic N) is 4. The second-order valence-electron chi connectivity index (χ2n) is 7.35. The predicted octanol–water partition coefficient (Wildman–Crippen LogP) is 3.61. The number of hydrogen-bond acceptors (Lipinski definition) is 4. The molecule has 142 valence electrons. The number of pyridine rings is 1. The summed E-state index contributed by atoms with van der Waals surface area (Å²) in [7, 11) is 4.12. The highest BCUT2D eigenvalue weighted by molar-refractivity contribution is 5.61. The van der Waals surface area contributed by atoms with Gasteiger partial charge < -0.3 is 5.32 Å². The average molecular weight is 364 g/mol. The Kier molecular flexibility index (Phi) is 6.37. The summed E-state index contributed by atoms with van der Waals surface area (Å²) in [5, 5.41) is 8.16. The summed E-state index contributed by atoms with van der Waals surface area (Å²) in [6.07, 6.45) is 5.72. The highest BCUT2D eigenvalue weighted by Gasteiger charge is 2.10. The van der Waals surface area contributed by atoms with E-state index in [4.69, 9.17) is 0 Å². The van der Waals surface area contributed by atoms with Crippen LogP contribution in [0.1, 0.15) is 30.5 Å². The van der Waals surface area contributed by atoms with Crippen LogP contribution in [-0.2, 0) is 26.7 Å². The molecule has 2 heterocycles. The number of aromatic nitrogens is 3. The highest BCUT2D eigenvalue weighted by atomic mass is 15.3. The quantitative estimate of drug-likeness (QED) is 0.664. The molecule has 3 aromatic rings. The van der Waals surface area contributed by atoms with E-state index in [1.54, 1.807) is 6.20 Å². The fraction of sp³-hybridized carbons (Fsp3) is 0.364. The van der Waals surface area contributed by atoms with Crippen molar-refractivity contribution >= 4 is 0 Å². The summed E-state index contributed by atoms with van der Waals surface area (Å²) in [5.74, 6) is 0. The topological polar surface area (TPSA) is 46.0 Å². The fourth-order valence-electron chi connectivity index (χ4n) is 3.06. The van der Waals surface area contributed by atoms with Gasteiger partial charge in [-0.15, -0.1) is 0 Å². The summed E-state index contributed by atoms with van der Waals surface area (Å²) in [6, 6.07) is 13.3. The van der Waals surface area contributed by atoms with Crippen molar-refractivity contribution in [1.29, 1.82) is 0 Å². The van der Waals surface area contributed by atoms with Crippen molar-refractivity contribution < 1.29 is 0 Å². The molecule has 5 nitrogen and oxygen atoms in total. The van der Waals surface area contributed by atoms with Gasteiger partial charge in [0.1, 0.15) is 0 Å². The summed E-state index contributed by atoms with van der Waals surface area (Å²) >= 11 is 0. The maximum atomic E-state index is 4.60. The van der Waals surface area contributed by atoms with Crippen LogP contribution in [0, 0.1) is 0 Å². The summed E-state index contributed by atoms with van der Waals surface area (Å²) in [4.78, 5) is 6.56. The van der Waals surface area contributed by atoms with E-state index >= 15 is 0 Å². The minimum absolute atomic E-state index is 0.545. The Hall–Kier alpha value is -2.50. The molecular weight excluding hydrogens is 334 g/mol. The van der Waals surface area contributed by atoms with E-state index < -0.39 is 0 Å². The second kappa shape index (κ2) is 8.93. The van der Waals surface area contributed by atoms with Crippen molar-refractivity contribution in [3.05, 3.63) is 71.7 Å². The molecule has 0 spiro atoms. The number of benzene rings is 1. The van der Waals surface area contributed by atoms with Gasteiger partial charge >= 0.3 is 0 Å². The Morgan fingerprint density at radius 1 is 1.11 bits per heavy atom. The molecule has 0 amide bonds. The lowest BCUT2D eigenvalue weighted by Crippen LogP contribution is -2.25. The Bertz CT molecular complexity index is 854. The van der Waals surface area contributed by atoms with Crippen LogP contribution in [0.15, 0.2) is 55.0 Å². The number of nitrogens with one attached hydrogen (secondary N) is 1. The van der Waals surface area contributed by atoms with E-state index in [-0.39, 0.29) is 0 Å². The van der Waals surface area contributed by atoms with E-state index in [0.717, 1.165) is 30.9 Å². The zero-order valence-electron chi connectivity index (χ0n) is 16.7. The lowest BCUT2D eigenvalue weighted by Gasteiger charge is -2.21. The van der Waals surface area contributed by atoms with E-state index in [1.807, 2.05) is 30.1 Å². The first-order chi connectivity index (χ1) is 13.0. The van der Waals surface area contributed by atoms with E-state index in [2.05, 4.69) is 71.7 Å². The van der Waals surface area contributed by atoms with Crippen molar-refractivity contribution in [2.75, 3.05) is 7.05 Å². The van der Waals surface area contributed by atoms with Crippen LogP contribution in [0.2, 0.25) is 0 Å². The fourth-order valence-corrected chi connectivity index (χ4v) is 3.06. The van der Waals surface area contributed by atoms with Gasteiger partial charge in [0.25, 0.3) is 0 Å². The molecular formula is C22H29N5. The van der Waals surface area contributed by atoms with Gasteiger partial charge in [0.2, 0.25) is 0 Å². The van der Waals surface area contributed by atoms with Crippen molar-refractivity contribution in [2.24, 2.45) is 7.05 Å². The molecule has 3 rings (SSSR count). The van der Waals surface area contributed by atoms with E-state index in [0.29, 0.717) is 6.04 Å². The average Bonchev–Trinajstić information content (AvgIpc) is 3.03. The third-order valence-corrected chi connectivity index (χ3v) is 4.79. The normalized spacial score (nSPS) is 11.5. The zero-order chi connectivity index (χ0) is 19.2. The molecule has 2 aromatic heterocycles. The molecule has 0 saturated carbocycles. The summed E-state index contributed by atoms with van der Waals surface area (Å²) in [5.41, 5.74) is 5.87. The Balaban J connectivity index is 1.62. The SMILES string of the molecule is CC(C)N(C)Cc1cccc(CNCc2cn(C)nc2-c2cccnc2)c1. The molecule has 0 bridgehead atoms. The Labute approximate surface area is 162 Å². The number of hydrogen-bond donors (Lipinski definition) is 1. The molecule has 0 aliphatic heterocycles.